The van der Waals surface area contributed by atoms with Crippen molar-refractivity contribution >= 4 is 5.91 Å². The molecule has 1 atom stereocenters. The summed E-state index contributed by atoms with van der Waals surface area (Å²) < 4.78 is 24.6. The number of methoxy groups -OCH3 is 1. The van der Waals surface area contributed by atoms with E-state index in [2.05, 4.69) is 15.2 Å². The normalized spacial score (nSPS) is 17.5. The zero-order chi connectivity index (χ0) is 20.1. The molecule has 1 amide bonds. The van der Waals surface area contributed by atoms with Gasteiger partial charge in [0.15, 0.2) is 11.6 Å². The van der Waals surface area contributed by atoms with Crippen molar-refractivity contribution in [2.45, 2.75) is 52.1 Å². The molecular formula is C21H28FN3O3. The Morgan fingerprint density at radius 3 is 3.00 bits per heavy atom. The maximum absolute atomic E-state index is 13.7. The van der Waals surface area contributed by atoms with Crippen LogP contribution in [-0.4, -0.2) is 42.0 Å². The number of nitrogens with one attached hydrogen (secondary N) is 1. The average molecular weight is 389 g/mol. The van der Waals surface area contributed by atoms with Crippen LogP contribution in [0.4, 0.5) is 4.39 Å². The minimum Gasteiger partial charge on any atom is -0.494 e. The molecule has 2 heterocycles. The molecule has 1 aliphatic heterocycles. The van der Waals surface area contributed by atoms with E-state index < -0.39 is 5.82 Å². The zero-order valence-electron chi connectivity index (χ0n) is 16.8. The summed E-state index contributed by atoms with van der Waals surface area (Å²) >= 11 is 0. The van der Waals surface area contributed by atoms with Crippen molar-refractivity contribution in [2.75, 3.05) is 20.2 Å². The molecule has 7 heteroatoms. The third kappa shape index (κ3) is 4.90. The highest BCUT2D eigenvalue weighted by Gasteiger charge is 2.24. The van der Waals surface area contributed by atoms with Crippen molar-refractivity contribution in [3.63, 3.8) is 0 Å². The first-order valence-corrected chi connectivity index (χ1v) is 9.76. The van der Waals surface area contributed by atoms with Gasteiger partial charge >= 0.3 is 0 Å². The molecule has 0 spiro atoms. The predicted octanol–water partition coefficient (Wildman–Crippen LogP) is 3.68. The van der Waals surface area contributed by atoms with Gasteiger partial charge in [0.1, 0.15) is 5.76 Å². The molecule has 0 bridgehead atoms. The van der Waals surface area contributed by atoms with Gasteiger partial charge in [-0.25, -0.2) is 9.37 Å². The number of oxazole rings is 1. The summed E-state index contributed by atoms with van der Waals surface area (Å²) in [6.45, 7) is 5.86. The number of halogens is 1. The van der Waals surface area contributed by atoms with Crippen molar-refractivity contribution in [3.05, 3.63) is 35.5 Å². The number of amides is 1. The van der Waals surface area contributed by atoms with E-state index in [-0.39, 0.29) is 11.7 Å². The molecule has 1 saturated heterocycles. The highest BCUT2D eigenvalue weighted by atomic mass is 19.1. The lowest BCUT2D eigenvalue weighted by Gasteiger charge is -2.35. The van der Waals surface area contributed by atoms with Crippen LogP contribution >= 0.6 is 0 Å². The van der Waals surface area contributed by atoms with Gasteiger partial charge in [0, 0.05) is 31.6 Å². The van der Waals surface area contributed by atoms with E-state index in [9.17, 15) is 9.18 Å². The lowest BCUT2D eigenvalue weighted by molar-refractivity contribution is -0.119. The van der Waals surface area contributed by atoms with Gasteiger partial charge in [0.05, 0.1) is 12.8 Å². The molecule has 3 rings (SSSR count). The van der Waals surface area contributed by atoms with Crippen LogP contribution in [-0.2, 0) is 11.3 Å². The van der Waals surface area contributed by atoms with Gasteiger partial charge < -0.3 is 14.5 Å². The molecule has 2 aromatic rings. The molecule has 1 aromatic heterocycles. The van der Waals surface area contributed by atoms with E-state index >= 15 is 0 Å². The maximum Gasteiger partial charge on any atom is 0.226 e. The standard InChI is InChI=1S/C21H28FN3O3/c1-14-19(13-25-11-5-4-6-17(25)9-10-23-15(2)26)24-21(28-14)16-7-8-18(22)20(12-16)27-3/h7-8,12,17H,4-6,9-11,13H2,1-3H3,(H,23,26)/t17-/m0/s1. The first kappa shape index (κ1) is 20.3. The molecular weight excluding hydrogens is 361 g/mol. The maximum atomic E-state index is 13.7. The average Bonchev–Trinajstić information content (AvgIpc) is 3.03. The van der Waals surface area contributed by atoms with Crippen molar-refractivity contribution in [1.82, 2.24) is 15.2 Å². The highest BCUT2D eigenvalue weighted by Crippen LogP contribution is 2.29. The number of likely N-dealkylation sites (tertiary alicyclic amines) is 1. The second-order valence-electron chi connectivity index (χ2n) is 7.26. The Bertz CT molecular complexity index is 821. The van der Waals surface area contributed by atoms with Crippen LogP contribution in [0.25, 0.3) is 11.5 Å². The molecule has 6 nitrogen and oxygen atoms in total. The minimum atomic E-state index is -0.412. The first-order chi connectivity index (χ1) is 13.5. The summed E-state index contributed by atoms with van der Waals surface area (Å²) in [5.74, 6) is 1.00. The first-order valence-electron chi connectivity index (χ1n) is 9.76. The second-order valence-corrected chi connectivity index (χ2v) is 7.26. The number of hydrogen-bond donors (Lipinski definition) is 1. The third-order valence-corrected chi connectivity index (χ3v) is 5.24. The Balaban J connectivity index is 1.72. The SMILES string of the molecule is COc1cc(-c2nc(CN3CCCC[C@H]3CCNC(C)=O)c(C)o2)ccc1F. The monoisotopic (exact) mass is 389 g/mol. The molecule has 152 valence electrons. The number of hydrogen-bond acceptors (Lipinski definition) is 5. The fourth-order valence-corrected chi connectivity index (χ4v) is 3.69. The number of nitrogens with zero attached hydrogens (tertiary/aromatic N) is 2. The molecule has 1 fully saturated rings. The lowest BCUT2D eigenvalue weighted by Crippen LogP contribution is -2.41. The summed E-state index contributed by atoms with van der Waals surface area (Å²) in [7, 11) is 1.44. The summed E-state index contributed by atoms with van der Waals surface area (Å²) in [4.78, 5) is 18.2. The van der Waals surface area contributed by atoms with Gasteiger partial charge in [-0.1, -0.05) is 6.42 Å². The minimum absolute atomic E-state index is 0.00840. The van der Waals surface area contributed by atoms with Crippen LogP contribution in [0.2, 0.25) is 0 Å². The van der Waals surface area contributed by atoms with Crippen LogP contribution < -0.4 is 10.1 Å². The van der Waals surface area contributed by atoms with Crippen LogP contribution in [0.3, 0.4) is 0 Å². The molecule has 0 unspecified atom stereocenters. The van der Waals surface area contributed by atoms with Crippen molar-refractivity contribution < 1.29 is 18.3 Å². The molecule has 0 saturated carbocycles. The van der Waals surface area contributed by atoms with Crippen LogP contribution in [0.5, 0.6) is 5.75 Å². The summed E-state index contributed by atoms with van der Waals surface area (Å²) in [5.41, 5.74) is 1.58. The number of rotatable bonds is 7. The molecule has 0 aliphatic carbocycles. The summed E-state index contributed by atoms with van der Waals surface area (Å²) in [6.07, 6.45) is 4.42. The lowest BCUT2D eigenvalue weighted by atomic mass is 9.99. The Kier molecular flexibility index (Phi) is 6.67. The topological polar surface area (TPSA) is 67.6 Å². The van der Waals surface area contributed by atoms with E-state index in [1.165, 1.54) is 19.6 Å². The number of carbonyl (C=O) groups is 1. The number of carbonyl (C=O) groups excluding carboxylic acids is 1. The van der Waals surface area contributed by atoms with Gasteiger partial charge in [-0.2, -0.15) is 0 Å². The molecule has 28 heavy (non-hydrogen) atoms. The smallest absolute Gasteiger partial charge is 0.226 e. The second kappa shape index (κ2) is 9.19. The van der Waals surface area contributed by atoms with Crippen molar-refractivity contribution in [1.29, 1.82) is 0 Å². The van der Waals surface area contributed by atoms with Gasteiger partial charge in [-0.3, -0.25) is 9.69 Å². The fourth-order valence-electron chi connectivity index (χ4n) is 3.69. The molecule has 0 radical (unpaired) electrons. The van der Waals surface area contributed by atoms with E-state index in [0.29, 0.717) is 30.6 Å². The van der Waals surface area contributed by atoms with E-state index in [1.807, 2.05) is 6.92 Å². The fraction of sp³-hybridized carbons (Fsp3) is 0.524. The number of aromatic nitrogens is 1. The molecule has 1 aromatic carbocycles. The summed E-state index contributed by atoms with van der Waals surface area (Å²) in [5, 5.41) is 2.89. The predicted molar refractivity (Wildman–Crippen MR) is 105 cm³/mol. The van der Waals surface area contributed by atoms with E-state index in [1.54, 1.807) is 19.1 Å². The Labute approximate surface area is 165 Å². The number of piperidine rings is 1. The van der Waals surface area contributed by atoms with Gasteiger partial charge in [0.2, 0.25) is 11.8 Å². The Hall–Kier alpha value is -2.41. The Morgan fingerprint density at radius 2 is 2.25 bits per heavy atom. The van der Waals surface area contributed by atoms with Gasteiger partial charge in [-0.05, 0) is 50.9 Å². The highest BCUT2D eigenvalue weighted by molar-refractivity contribution is 5.72. The van der Waals surface area contributed by atoms with E-state index in [4.69, 9.17) is 9.15 Å². The largest absolute Gasteiger partial charge is 0.494 e. The number of benzene rings is 1. The number of aryl methyl sites for hydroxylation is 1. The van der Waals surface area contributed by atoms with Crippen LogP contribution in [0, 0.1) is 12.7 Å². The van der Waals surface area contributed by atoms with Crippen LogP contribution in [0.15, 0.2) is 22.6 Å². The van der Waals surface area contributed by atoms with Crippen molar-refractivity contribution in [2.24, 2.45) is 0 Å². The third-order valence-electron chi connectivity index (χ3n) is 5.24. The Morgan fingerprint density at radius 1 is 1.43 bits per heavy atom. The molecule has 1 aliphatic rings. The number of ether oxygens (including phenoxy) is 1. The van der Waals surface area contributed by atoms with E-state index in [0.717, 1.165) is 37.3 Å². The van der Waals surface area contributed by atoms with Crippen molar-refractivity contribution in [3.8, 4) is 17.2 Å². The molecule has 1 N–H and O–H groups in total. The quantitative estimate of drug-likeness (QED) is 0.782. The van der Waals surface area contributed by atoms with Crippen LogP contribution in [0.1, 0.15) is 44.1 Å². The van der Waals surface area contributed by atoms with Gasteiger partial charge in [0.25, 0.3) is 0 Å². The summed E-state index contributed by atoms with van der Waals surface area (Å²) in [6, 6.07) is 5.02. The zero-order valence-corrected chi connectivity index (χ0v) is 16.8. The van der Waals surface area contributed by atoms with Gasteiger partial charge in [-0.15, -0.1) is 0 Å².